The number of aliphatic hydroxyl groups excluding tert-OH is 7. The van der Waals surface area contributed by atoms with Crippen LogP contribution in [0, 0.1) is 0 Å². The van der Waals surface area contributed by atoms with E-state index in [0.717, 1.165) is 5.57 Å². The summed E-state index contributed by atoms with van der Waals surface area (Å²) in [6, 6.07) is 0. The summed E-state index contributed by atoms with van der Waals surface area (Å²) in [7, 11) is 0. The summed E-state index contributed by atoms with van der Waals surface area (Å²) in [6.07, 6.45) is -14.0. The van der Waals surface area contributed by atoms with E-state index < -0.39 is 74.6 Å². The zero-order chi connectivity index (χ0) is 21.0. The van der Waals surface area contributed by atoms with Crippen LogP contribution in [0.5, 0.6) is 0 Å². The molecule has 0 bridgehead atoms. The molecule has 0 spiro atoms. The third kappa shape index (κ3) is 5.26. The third-order valence-electron chi connectivity index (χ3n) is 4.78. The lowest BCUT2D eigenvalue weighted by atomic mass is 9.97. The lowest BCUT2D eigenvalue weighted by Crippen LogP contribution is -2.64. The van der Waals surface area contributed by atoms with Crippen molar-refractivity contribution in [1.82, 2.24) is 0 Å². The Bertz CT molecular complexity index is 501. The Balaban J connectivity index is 2.14. The average molecular weight is 410 g/mol. The molecule has 28 heavy (non-hydrogen) atoms. The minimum Gasteiger partial charge on any atom is -0.394 e. The van der Waals surface area contributed by atoms with Gasteiger partial charge in [-0.3, -0.25) is 0 Å². The summed E-state index contributed by atoms with van der Waals surface area (Å²) >= 11 is 0. The van der Waals surface area contributed by atoms with Crippen LogP contribution in [0.3, 0.4) is 0 Å². The van der Waals surface area contributed by atoms with Crippen molar-refractivity contribution < 1.29 is 54.7 Å². The molecule has 2 rings (SSSR count). The van der Waals surface area contributed by atoms with Gasteiger partial charge in [0.1, 0.15) is 48.8 Å². The van der Waals surface area contributed by atoms with Gasteiger partial charge >= 0.3 is 0 Å². The molecule has 2 heterocycles. The number of hydrogen-bond acceptors (Lipinski definition) is 11. The lowest BCUT2D eigenvalue weighted by molar-refractivity contribution is -0.367. The monoisotopic (exact) mass is 410 g/mol. The number of hydrogen-bond donors (Lipinski definition) is 7. The van der Waals surface area contributed by atoms with Gasteiger partial charge in [0.25, 0.3) is 0 Å². The Labute approximate surface area is 162 Å². The fraction of sp³-hybridized carbons (Fsp3) is 0.882. The van der Waals surface area contributed by atoms with Crippen LogP contribution < -0.4 is 0 Å². The topological polar surface area (TPSA) is 179 Å². The summed E-state index contributed by atoms with van der Waals surface area (Å²) in [6.45, 7) is 4.46. The van der Waals surface area contributed by atoms with E-state index in [9.17, 15) is 35.7 Å². The molecule has 0 amide bonds. The van der Waals surface area contributed by atoms with Crippen molar-refractivity contribution in [3.8, 4) is 0 Å². The van der Waals surface area contributed by atoms with Gasteiger partial charge < -0.3 is 54.7 Å². The van der Waals surface area contributed by atoms with Gasteiger partial charge in [0.2, 0.25) is 0 Å². The van der Waals surface area contributed by atoms with E-state index in [1.54, 1.807) is 6.92 Å². The van der Waals surface area contributed by atoms with Crippen molar-refractivity contribution in [3.05, 3.63) is 12.2 Å². The van der Waals surface area contributed by atoms with Gasteiger partial charge in [-0.25, -0.2) is 0 Å². The first-order valence-electron chi connectivity index (χ1n) is 9.05. The second-order valence-corrected chi connectivity index (χ2v) is 7.08. The molecule has 0 radical (unpaired) electrons. The van der Waals surface area contributed by atoms with E-state index in [0.29, 0.717) is 6.42 Å². The first kappa shape index (κ1) is 23.6. The van der Waals surface area contributed by atoms with E-state index in [1.165, 1.54) is 0 Å². The van der Waals surface area contributed by atoms with Crippen LogP contribution in [-0.2, 0) is 18.9 Å². The van der Waals surface area contributed by atoms with Crippen molar-refractivity contribution in [2.24, 2.45) is 0 Å². The van der Waals surface area contributed by atoms with Gasteiger partial charge in [-0.2, -0.15) is 0 Å². The fourth-order valence-corrected chi connectivity index (χ4v) is 3.02. The van der Waals surface area contributed by atoms with Gasteiger partial charge in [0.15, 0.2) is 12.6 Å². The van der Waals surface area contributed by atoms with E-state index in [4.69, 9.17) is 18.9 Å². The van der Waals surface area contributed by atoms with Gasteiger partial charge in [-0.05, 0) is 13.3 Å². The normalized spacial score (nSPS) is 44.4. The predicted octanol–water partition coefficient (Wildman–Crippen LogP) is -3.41. The molecule has 2 aliphatic rings. The standard InChI is InChI=1S/C17H30O11/c1-7(2)3-4-25-17-15(13(23)11(21)9(6-19)27-17)28-16-14(24)12(22)10(20)8(5-18)26-16/h8-24H,1,3-6H2,2H3. The summed E-state index contributed by atoms with van der Waals surface area (Å²) in [5, 5.41) is 68.9. The quantitative estimate of drug-likeness (QED) is 0.198. The van der Waals surface area contributed by atoms with Crippen LogP contribution in [-0.4, -0.2) is 117 Å². The molecule has 2 fully saturated rings. The van der Waals surface area contributed by atoms with Crippen molar-refractivity contribution in [1.29, 1.82) is 0 Å². The minimum atomic E-state index is -1.70. The Morgan fingerprint density at radius 3 is 1.89 bits per heavy atom. The molecule has 0 saturated carbocycles. The largest absolute Gasteiger partial charge is 0.394 e. The zero-order valence-corrected chi connectivity index (χ0v) is 15.6. The highest BCUT2D eigenvalue weighted by molar-refractivity contribution is 4.94. The Morgan fingerprint density at radius 1 is 0.821 bits per heavy atom. The second kappa shape index (κ2) is 10.4. The van der Waals surface area contributed by atoms with E-state index in [1.807, 2.05) is 0 Å². The smallest absolute Gasteiger partial charge is 0.187 e. The molecule has 10 atom stereocenters. The van der Waals surface area contributed by atoms with E-state index in [2.05, 4.69) is 6.58 Å². The number of aliphatic hydroxyl groups is 7. The van der Waals surface area contributed by atoms with Crippen LogP contribution in [0.1, 0.15) is 13.3 Å². The summed E-state index contributed by atoms with van der Waals surface area (Å²) in [5.41, 5.74) is 0.835. The van der Waals surface area contributed by atoms with Gasteiger partial charge in [-0.1, -0.05) is 5.57 Å². The molecule has 0 aromatic carbocycles. The van der Waals surface area contributed by atoms with E-state index in [-0.39, 0.29) is 6.61 Å². The first-order valence-corrected chi connectivity index (χ1v) is 9.05. The molecule has 0 aromatic rings. The third-order valence-corrected chi connectivity index (χ3v) is 4.78. The molecule has 0 aliphatic carbocycles. The van der Waals surface area contributed by atoms with Gasteiger partial charge in [0, 0.05) is 0 Å². The number of ether oxygens (including phenoxy) is 4. The SMILES string of the molecule is C=C(C)CCOC1OC(CO)C(O)C(O)C1OC1OC(CO)C(O)C(O)C1O. The van der Waals surface area contributed by atoms with Crippen molar-refractivity contribution in [2.45, 2.75) is 74.8 Å². The molecule has 7 N–H and O–H groups in total. The molecular formula is C17H30O11. The molecule has 10 unspecified atom stereocenters. The summed E-state index contributed by atoms with van der Waals surface area (Å²) in [4.78, 5) is 0. The fourth-order valence-electron chi connectivity index (χ4n) is 3.02. The Hall–Kier alpha value is -0.700. The maximum atomic E-state index is 10.4. The molecule has 11 nitrogen and oxygen atoms in total. The van der Waals surface area contributed by atoms with Crippen molar-refractivity contribution in [2.75, 3.05) is 19.8 Å². The summed E-state index contributed by atoms with van der Waals surface area (Å²) in [5.74, 6) is 0. The molecule has 11 heteroatoms. The van der Waals surface area contributed by atoms with Crippen LogP contribution in [0.4, 0.5) is 0 Å². The maximum absolute atomic E-state index is 10.4. The Morgan fingerprint density at radius 2 is 1.36 bits per heavy atom. The first-order chi connectivity index (χ1) is 13.2. The van der Waals surface area contributed by atoms with Crippen LogP contribution in [0.2, 0.25) is 0 Å². The van der Waals surface area contributed by atoms with Crippen LogP contribution in [0.25, 0.3) is 0 Å². The number of rotatable bonds is 8. The van der Waals surface area contributed by atoms with Gasteiger partial charge in [-0.15, -0.1) is 6.58 Å². The maximum Gasteiger partial charge on any atom is 0.187 e. The van der Waals surface area contributed by atoms with Crippen molar-refractivity contribution >= 4 is 0 Å². The molecule has 2 aliphatic heterocycles. The van der Waals surface area contributed by atoms with Crippen molar-refractivity contribution in [3.63, 3.8) is 0 Å². The second-order valence-electron chi connectivity index (χ2n) is 7.08. The highest BCUT2D eigenvalue weighted by Gasteiger charge is 2.50. The average Bonchev–Trinajstić information content (AvgIpc) is 2.66. The van der Waals surface area contributed by atoms with Gasteiger partial charge in [0.05, 0.1) is 19.8 Å². The van der Waals surface area contributed by atoms with Crippen LogP contribution >= 0.6 is 0 Å². The minimum absolute atomic E-state index is 0.148. The van der Waals surface area contributed by atoms with E-state index >= 15 is 0 Å². The molecule has 164 valence electrons. The molecule has 2 saturated heterocycles. The molecule has 0 aromatic heterocycles. The highest BCUT2D eigenvalue weighted by atomic mass is 16.8. The summed E-state index contributed by atoms with van der Waals surface area (Å²) < 4.78 is 21.8. The Kier molecular flexibility index (Phi) is 8.73. The predicted molar refractivity (Wildman–Crippen MR) is 91.8 cm³/mol. The molecular weight excluding hydrogens is 380 g/mol. The zero-order valence-electron chi connectivity index (χ0n) is 15.6. The highest BCUT2D eigenvalue weighted by Crippen LogP contribution is 2.29. The lowest BCUT2D eigenvalue weighted by Gasteiger charge is -2.45. The van der Waals surface area contributed by atoms with Crippen LogP contribution in [0.15, 0.2) is 12.2 Å².